The molecule has 3 nitrogen and oxygen atoms in total. The third-order valence-electron chi connectivity index (χ3n) is 2.42. The van der Waals surface area contributed by atoms with Gasteiger partial charge in [0.2, 0.25) is 5.88 Å². The first kappa shape index (κ1) is 12.4. The SMILES string of the molecule is CCOc1ncccc1NCc1cccc(F)c1. The zero-order chi connectivity index (χ0) is 12.8. The van der Waals surface area contributed by atoms with Gasteiger partial charge in [-0.15, -0.1) is 0 Å². The average molecular weight is 246 g/mol. The Balaban J connectivity index is 2.06. The van der Waals surface area contributed by atoms with E-state index in [-0.39, 0.29) is 5.82 Å². The Morgan fingerprint density at radius 2 is 2.17 bits per heavy atom. The molecule has 94 valence electrons. The van der Waals surface area contributed by atoms with Crippen LogP contribution in [0.25, 0.3) is 0 Å². The largest absolute Gasteiger partial charge is 0.476 e. The molecule has 1 N–H and O–H groups in total. The predicted octanol–water partition coefficient (Wildman–Crippen LogP) is 3.23. The Morgan fingerprint density at radius 1 is 1.28 bits per heavy atom. The minimum absolute atomic E-state index is 0.231. The normalized spacial score (nSPS) is 10.1. The monoisotopic (exact) mass is 246 g/mol. The van der Waals surface area contributed by atoms with Gasteiger partial charge < -0.3 is 10.1 Å². The van der Waals surface area contributed by atoms with Crippen molar-refractivity contribution in [3.63, 3.8) is 0 Å². The number of hydrogen-bond donors (Lipinski definition) is 1. The smallest absolute Gasteiger partial charge is 0.237 e. The third kappa shape index (κ3) is 3.20. The van der Waals surface area contributed by atoms with Gasteiger partial charge in [0.05, 0.1) is 12.3 Å². The summed E-state index contributed by atoms with van der Waals surface area (Å²) in [6.45, 7) is 3.00. The van der Waals surface area contributed by atoms with Crippen LogP contribution in [0, 0.1) is 5.82 Å². The molecule has 1 aromatic carbocycles. The Kier molecular flexibility index (Phi) is 4.12. The first-order chi connectivity index (χ1) is 8.79. The van der Waals surface area contributed by atoms with Crippen molar-refractivity contribution in [1.29, 1.82) is 0 Å². The van der Waals surface area contributed by atoms with Gasteiger partial charge in [0.25, 0.3) is 0 Å². The molecule has 18 heavy (non-hydrogen) atoms. The summed E-state index contributed by atoms with van der Waals surface area (Å²) in [4.78, 5) is 4.14. The maximum atomic E-state index is 13.0. The lowest BCUT2D eigenvalue weighted by atomic mass is 10.2. The Morgan fingerprint density at radius 3 is 2.94 bits per heavy atom. The van der Waals surface area contributed by atoms with E-state index in [0.717, 1.165) is 11.3 Å². The zero-order valence-corrected chi connectivity index (χ0v) is 10.2. The molecule has 0 aliphatic heterocycles. The number of hydrogen-bond acceptors (Lipinski definition) is 3. The Labute approximate surface area is 106 Å². The van der Waals surface area contributed by atoms with E-state index >= 15 is 0 Å². The molecule has 0 fully saturated rings. The highest BCUT2D eigenvalue weighted by Gasteiger charge is 2.03. The van der Waals surface area contributed by atoms with Crippen molar-refractivity contribution in [3.05, 3.63) is 54.0 Å². The van der Waals surface area contributed by atoms with Crippen LogP contribution in [0.5, 0.6) is 5.88 Å². The summed E-state index contributed by atoms with van der Waals surface area (Å²) in [6.07, 6.45) is 1.68. The molecule has 0 radical (unpaired) electrons. The molecule has 0 amide bonds. The first-order valence-corrected chi connectivity index (χ1v) is 5.85. The summed E-state index contributed by atoms with van der Waals surface area (Å²) in [5, 5.41) is 3.19. The van der Waals surface area contributed by atoms with Crippen molar-refractivity contribution in [1.82, 2.24) is 4.98 Å². The van der Waals surface area contributed by atoms with Crippen LogP contribution >= 0.6 is 0 Å². The summed E-state index contributed by atoms with van der Waals surface area (Å²) in [6, 6.07) is 10.2. The van der Waals surface area contributed by atoms with E-state index < -0.39 is 0 Å². The van der Waals surface area contributed by atoms with Gasteiger partial charge in [-0.3, -0.25) is 0 Å². The highest BCUT2D eigenvalue weighted by molar-refractivity contribution is 5.52. The fraction of sp³-hybridized carbons (Fsp3) is 0.214. The molecule has 0 aliphatic carbocycles. The number of rotatable bonds is 5. The number of nitrogens with one attached hydrogen (secondary N) is 1. The second-order valence-corrected chi connectivity index (χ2v) is 3.77. The minimum Gasteiger partial charge on any atom is -0.476 e. The minimum atomic E-state index is -0.231. The van der Waals surface area contributed by atoms with Gasteiger partial charge in [-0.1, -0.05) is 12.1 Å². The van der Waals surface area contributed by atoms with Crippen LogP contribution in [-0.2, 0) is 6.54 Å². The van der Waals surface area contributed by atoms with Gasteiger partial charge in [0, 0.05) is 12.7 Å². The van der Waals surface area contributed by atoms with Crippen LogP contribution in [0.2, 0.25) is 0 Å². The second-order valence-electron chi connectivity index (χ2n) is 3.77. The maximum absolute atomic E-state index is 13.0. The van der Waals surface area contributed by atoms with Crippen LogP contribution in [0.3, 0.4) is 0 Å². The van der Waals surface area contributed by atoms with Crippen LogP contribution in [0.15, 0.2) is 42.6 Å². The molecule has 4 heteroatoms. The molecule has 0 unspecified atom stereocenters. The van der Waals surface area contributed by atoms with Crippen molar-refractivity contribution in [2.75, 3.05) is 11.9 Å². The quantitative estimate of drug-likeness (QED) is 0.879. The van der Waals surface area contributed by atoms with E-state index in [2.05, 4.69) is 10.3 Å². The zero-order valence-electron chi connectivity index (χ0n) is 10.2. The summed E-state index contributed by atoms with van der Waals surface area (Å²) >= 11 is 0. The molecule has 1 heterocycles. The number of aromatic nitrogens is 1. The van der Waals surface area contributed by atoms with Gasteiger partial charge >= 0.3 is 0 Å². The van der Waals surface area contributed by atoms with Crippen molar-refractivity contribution in [2.24, 2.45) is 0 Å². The molecular formula is C14H15FN2O. The predicted molar refractivity (Wildman–Crippen MR) is 69.1 cm³/mol. The first-order valence-electron chi connectivity index (χ1n) is 5.85. The molecule has 0 saturated heterocycles. The lowest BCUT2D eigenvalue weighted by Crippen LogP contribution is -2.04. The topological polar surface area (TPSA) is 34.1 Å². The van der Waals surface area contributed by atoms with Gasteiger partial charge in [-0.2, -0.15) is 0 Å². The lowest BCUT2D eigenvalue weighted by molar-refractivity contribution is 0.328. The standard InChI is InChI=1S/C14H15FN2O/c1-2-18-14-13(7-4-8-16-14)17-10-11-5-3-6-12(15)9-11/h3-9,17H,2,10H2,1H3. The summed E-state index contributed by atoms with van der Waals surface area (Å²) in [7, 11) is 0. The van der Waals surface area contributed by atoms with Crippen LogP contribution in [0.4, 0.5) is 10.1 Å². The van der Waals surface area contributed by atoms with Crippen molar-refractivity contribution < 1.29 is 9.13 Å². The molecule has 0 aliphatic rings. The number of ether oxygens (including phenoxy) is 1. The van der Waals surface area contributed by atoms with E-state index in [4.69, 9.17) is 4.74 Å². The molecule has 1 aromatic heterocycles. The Bertz CT molecular complexity index is 517. The number of pyridine rings is 1. The van der Waals surface area contributed by atoms with E-state index in [1.54, 1.807) is 12.3 Å². The highest BCUT2D eigenvalue weighted by Crippen LogP contribution is 2.21. The molecule has 2 aromatic rings. The fourth-order valence-electron chi connectivity index (χ4n) is 1.62. The van der Waals surface area contributed by atoms with Crippen LogP contribution < -0.4 is 10.1 Å². The molecular weight excluding hydrogens is 231 g/mol. The summed E-state index contributed by atoms with van der Waals surface area (Å²) in [5.74, 6) is 0.335. The van der Waals surface area contributed by atoms with Gasteiger partial charge in [-0.25, -0.2) is 9.37 Å². The van der Waals surface area contributed by atoms with Crippen molar-refractivity contribution >= 4 is 5.69 Å². The van der Waals surface area contributed by atoms with Crippen molar-refractivity contribution in [3.8, 4) is 5.88 Å². The Hall–Kier alpha value is -2.10. The number of nitrogens with zero attached hydrogens (tertiary/aromatic N) is 1. The molecule has 0 saturated carbocycles. The van der Waals surface area contributed by atoms with Crippen molar-refractivity contribution in [2.45, 2.75) is 13.5 Å². The molecule has 2 rings (SSSR count). The van der Waals surface area contributed by atoms with E-state index in [1.807, 2.05) is 25.1 Å². The molecule has 0 bridgehead atoms. The van der Waals surface area contributed by atoms with Crippen LogP contribution in [0.1, 0.15) is 12.5 Å². The van der Waals surface area contributed by atoms with E-state index in [1.165, 1.54) is 12.1 Å². The maximum Gasteiger partial charge on any atom is 0.237 e. The second kappa shape index (κ2) is 6.00. The van der Waals surface area contributed by atoms with Gasteiger partial charge in [0.1, 0.15) is 5.82 Å². The molecule has 0 atom stereocenters. The summed E-state index contributed by atoms with van der Waals surface area (Å²) < 4.78 is 18.4. The van der Waals surface area contributed by atoms with E-state index in [0.29, 0.717) is 19.0 Å². The van der Waals surface area contributed by atoms with Crippen LogP contribution in [-0.4, -0.2) is 11.6 Å². The highest BCUT2D eigenvalue weighted by atomic mass is 19.1. The number of halogens is 1. The molecule has 0 spiro atoms. The van der Waals surface area contributed by atoms with Gasteiger partial charge in [0.15, 0.2) is 0 Å². The third-order valence-corrected chi connectivity index (χ3v) is 2.42. The number of benzene rings is 1. The van der Waals surface area contributed by atoms with E-state index in [9.17, 15) is 4.39 Å². The van der Waals surface area contributed by atoms with Gasteiger partial charge in [-0.05, 0) is 36.8 Å². The number of anilines is 1. The fourth-order valence-corrected chi connectivity index (χ4v) is 1.62. The lowest BCUT2D eigenvalue weighted by Gasteiger charge is -2.10. The average Bonchev–Trinajstić information content (AvgIpc) is 2.38. The summed E-state index contributed by atoms with van der Waals surface area (Å²) in [5.41, 5.74) is 1.69.